The molecular formula is C20H30N2O3S. The van der Waals surface area contributed by atoms with E-state index in [0.717, 1.165) is 36.8 Å². The fourth-order valence-corrected chi connectivity index (χ4v) is 4.80. The number of hydrogen-bond donors (Lipinski definition) is 1. The first-order chi connectivity index (χ1) is 12.7. The topological polar surface area (TPSA) is 53.0 Å². The molecule has 2 aliphatic heterocycles. The number of piperidine rings is 1. The smallest absolute Gasteiger partial charge is 0.232 e. The van der Waals surface area contributed by atoms with Crippen molar-refractivity contribution in [2.75, 3.05) is 52.2 Å². The van der Waals surface area contributed by atoms with E-state index in [1.54, 1.807) is 18.9 Å². The van der Waals surface area contributed by atoms with E-state index in [4.69, 9.17) is 4.74 Å². The number of rotatable bonds is 7. The molecule has 1 aromatic rings. The van der Waals surface area contributed by atoms with Gasteiger partial charge < -0.3 is 19.6 Å². The molecule has 0 aromatic heterocycles. The SMILES string of the molecule is COc1cccc(SCC(=O)N2CC(CO)C(CN3CCCCC3)C2)c1. The third-order valence-electron chi connectivity index (χ3n) is 5.51. The standard InChI is InChI=1S/C20H30N2O3S/c1-25-18-6-5-7-19(10-18)26-15-20(24)22-12-16(17(13-22)14-23)11-21-8-3-2-4-9-21/h5-7,10,16-17,23H,2-4,8-9,11-15H2,1H3. The normalized spacial score (nSPS) is 24.0. The number of aliphatic hydroxyl groups is 1. The molecule has 1 aromatic carbocycles. The lowest BCUT2D eigenvalue weighted by Gasteiger charge is -2.30. The maximum absolute atomic E-state index is 12.7. The molecule has 26 heavy (non-hydrogen) atoms. The quantitative estimate of drug-likeness (QED) is 0.738. The van der Waals surface area contributed by atoms with Gasteiger partial charge >= 0.3 is 0 Å². The van der Waals surface area contributed by atoms with E-state index in [2.05, 4.69) is 4.90 Å². The molecule has 2 saturated heterocycles. The number of thioether (sulfide) groups is 1. The van der Waals surface area contributed by atoms with E-state index < -0.39 is 0 Å². The Kier molecular flexibility index (Phi) is 7.23. The van der Waals surface area contributed by atoms with E-state index in [1.807, 2.05) is 29.2 Å². The summed E-state index contributed by atoms with van der Waals surface area (Å²) in [6, 6.07) is 7.80. The molecule has 0 saturated carbocycles. The monoisotopic (exact) mass is 378 g/mol. The Morgan fingerprint density at radius 3 is 2.73 bits per heavy atom. The molecule has 0 bridgehead atoms. The molecule has 2 atom stereocenters. The van der Waals surface area contributed by atoms with Crippen LogP contribution >= 0.6 is 11.8 Å². The van der Waals surface area contributed by atoms with Gasteiger partial charge in [0.25, 0.3) is 0 Å². The van der Waals surface area contributed by atoms with Crippen LogP contribution in [0, 0.1) is 11.8 Å². The van der Waals surface area contributed by atoms with Gasteiger partial charge in [0.15, 0.2) is 0 Å². The second-order valence-corrected chi connectivity index (χ2v) is 8.38. The summed E-state index contributed by atoms with van der Waals surface area (Å²) in [6.45, 7) is 4.97. The van der Waals surface area contributed by atoms with E-state index in [9.17, 15) is 9.90 Å². The van der Waals surface area contributed by atoms with Gasteiger partial charge in [-0.05, 0) is 50.0 Å². The van der Waals surface area contributed by atoms with Crippen LogP contribution in [0.2, 0.25) is 0 Å². The molecular weight excluding hydrogens is 348 g/mol. The van der Waals surface area contributed by atoms with Gasteiger partial charge in [0.2, 0.25) is 5.91 Å². The largest absolute Gasteiger partial charge is 0.497 e. The molecule has 144 valence electrons. The van der Waals surface area contributed by atoms with E-state index in [-0.39, 0.29) is 18.4 Å². The summed E-state index contributed by atoms with van der Waals surface area (Å²) in [4.78, 5) is 18.1. The molecule has 2 heterocycles. The average molecular weight is 379 g/mol. The van der Waals surface area contributed by atoms with Crippen molar-refractivity contribution in [3.63, 3.8) is 0 Å². The first-order valence-corrected chi connectivity index (χ1v) is 10.6. The molecule has 2 fully saturated rings. The zero-order valence-corrected chi connectivity index (χ0v) is 16.4. The van der Waals surface area contributed by atoms with Crippen molar-refractivity contribution in [1.82, 2.24) is 9.80 Å². The van der Waals surface area contributed by atoms with Gasteiger partial charge in [-0.2, -0.15) is 0 Å². The summed E-state index contributed by atoms with van der Waals surface area (Å²) in [5.41, 5.74) is 0. The van der Waals surface area contributed by atoms with Crippen molar-refractivity contribution < 1.29 is 14.6 Å². The van der Waals surface area contributed by atoms with Gasteiger partial charge in [-0.15, -0.1) is 11.8 Å². The van der Waals surface area contributed by atoms with Crippen LogP contribution in [-0.2, 0) is 4.79 Å². The van der Waals surface area contributed by atoms with Crippen molar-refractivity contribution >= 4 is 17.7 Å². The summed E-state index contributed by atoms with van der Waals surface area (Å²) < 4.78 is 5.24. The summed E-state index contributed by atoms with van der Waals surface area (Å²) in [5.74, 6) is 2.01. The Hall–Kier alpha value is -1.24. The number of carbonyl (C=O) groups is 1. The second kappa shape index (κ2) is 9.62. The number of hydrogen-bond acceptors (Lipinski definition) is 5. The summed E-state index contributed by atoms with van der Waals surface area (Å²) in [5, 5.41) is 9.76. The minimum absolute atomic E-state index is 0.164. The Balaban J connectivity index is 1.50. The molecule has 0 aliphatic carbocycles. The molecule has 1 amide bonds. The van der Waals surface area contributed by atoms with Crippen LogP contribution < -0.4 is 4.74 Å². The van der Waals surface area contributed by atoms with Crippen LogP contribution in [0.1, 0.15) is 19.3 Å². The Morgan fingerprint density at radius 1 is 1.23 bits per heavy atom. The van der Waals surface area contributed by atoms with Crippen LogP contribution in [-0.4, -0.2) is 73.0 Å². The van der Waals surface area contributed by atoms with Crippen molar-refractivity contribution in [2.24, 2.45) is 11.8 Å². The fourth-order valence-electron chi connectivity index (χ4n) is 3.96. The van der Waals surface area contributed by atoms with Crippen LogP contribution in [0.3, 0.4) is 0 Å². The van der Waals surface area contributed by atoms with Crippen molar-refractivity contribution in [2.45, 2.75) is 24.2 Å². The third-order valence-corrected chi connectivity index (χ3v) is 6.49. The van der Waals surface area contributed by atoms with Crippen LogP contribution in [0.5, 0.6) is 5.75 Å². The number of carbonyl (C=O) groups excluding carboxylic acids is 1. The van der Waals surface area contributed by atoms with Crippen LogP contribution in [0.4, 0.5) is 0 Å². The highest BCUT2D eigenvalue weighted by atomic mass is 32.2. The number of ether oxygens (including phenoxy) is 1. The third kappa shape index (κ3) is 5.15. The maximum Gasteiger partial charge on any atom is 0.232 e. The lowest BCUT2D eigenvalue weighted by Crippen LogP contribution is -2.37. The van der Waals surface area contributed by atoms with Gasteiger partial charge in [-0.3, -0.25) is 4.79 Å². The molecule has 2 unspecified atom stereocenters. The van der Waals surface area contributed by atoms with Gasteiger partial charge in [0.05, 0.1) is 12.9 Å². The molecule has 6 heteroatoms. The number of nitrogens with zero attached hydrogens (tertiary/aromatic N) is 2. The highest BCUT2D eigenvalue weighted by Crippen LogP contribution is 2.28. The minimum atomic E-state index is 0.164. The van der Waals surface area contributed by atoms with Gasteiger partial charge in [-0.25, -0.2) is 0 Å². The molecule has 0 spiro atoms. The summed E-state index contributed by atoms with van der Waals surface area (Å²) >= 11 is 1.55. The fraction of sp³-hybridized carbons (Fsp3) is 0.650. The minimum Gasteiger partial charge on any atom is -0.497 e. The molecule has 3 rings (SSSR count). The highest BCUT2D eigenvalue weighted by Gasteiger charge is 2.35. The van der Waals surface area contributed by atoms with Crippen LogP contribution in [0.15, 0.2) is 29.2 Å². The first kappa shape index (κ1) is 19.5. The van der Waals surface area contributed by atoms with Gasteiger partial charge in [-0.1, -0.05) is 12.5 Å². The van der Waals surface area contributed by atoms with Gasteiger partial charge in [0.1, 0.15) is 5.75 Å². The van der Waals surface area contributed by atoms with E-state index in [0.29, 0.717) is 18.2 Å². The molecule has 0 radical (unpaired) electrons. The van der Waals surface area contributed by atoms with Crippen LogP contribution in [0.25, 0.3) is 0 Å². The molecule has 5 nitrogen and oxygen atoms in total. The Bertz CT molecular complexity index is 592. The number of methoxy groups -OCH3 is 1. The average Bonchev–Trinajstić information content (AvgIpc) is 3.10. The lowest BCUT2D eigenvalue weighted by atomic mass is 9.95. The van der Waals surface area contributed by atoms with Gasteiger partial charge in [0, 0.05) is 37.1 Å². The van der Waals surface area contributed by atoms with Crippen molar-refractivity contribution in [3.8, 4) is 5.75 Å². The number of benzene rings is 1. The van der Waals surface area contributed by atoms with Crippen molar-refractivity contribution in [1.29, 1.82) is 0 Å². The summed E-state index contributed by atoms with van der Waals surface area (Å²) in [6.07, 6.45) is 3.88. The number of likely N-dealkylation sites (tertiary alicyclic amines) is 2. The zero-order valence-electron chi connectivity index (χ0n) is 15.6. The second-order valence-electron chi connectivity index (χ2n) is 7.33. The number of aliphatic hydroxyl groups excluding tert-OH is 1. The van der Waals surface area contributed by atoms with Crippen molar-refractivity contribution in [3.05, 3.63) is 24.3 Å². The van der Waals surface area contributed by atoms with E-state index >= 15 is 0 Å². The first-order valence-electron chi connectivity index (χ1n) is 9.57. The molecule has 2 aliphatic rings. The molecule has 1 N–H and O–H groups in total. The predicted octanol–water partition coefficient (Wildman–Crippen LogP) is 2.34. The maximum atomic E-state index is 12.7. The Labute approximate surface area is 160 Å². The zero-order chi connectivity index (χ0) is 18.4. The highest BCUT2D eigenvalue weighted by molar-refractivity contribution is 8.00. The number of amides is 1. The lowest BCUT2D eigenvalue weighted by molar-refractivity contribution is -0.127. The predicted molar refractivity (Wildman–Crippen MR) is 105 cm³/mol. The summed E-state index contributed by atoms with van der Waals surface area (Å²) in [7, 11) is 1.65. The Morgan fingerprint density at radius 2 is 2.00 bits per heavy atom. The van der Waals surface area contributed by atoms with E-state index in [1.165, 1.54) is 19.3 Å².